The van der Waals surface area contributed by atoms with Gasteiger partial charge in [-0.15, -0.1) is 0 Å². The molecule has 0 aromatic carbocycles. The molecule has 2 aliphatic rings. The molecule has 2 fully saturated rings. The summed E-state index contributed by atoms with van der Waals surface area (Å²) in [5.74, 6) is 0.478. The third-order valence-electron chi connectivity index (χ3n) is 5.02. The predicted octanol–water partition coefficient (Wildman–Crippen LogP) is 0.751. The second kappa shape index (κ2) is 6.28. The van der Waals surface area contributed by atoms with Crippen molar-refractivity contribution in [2.45, 2.75) is 38.4 Å². The van der Waals surface area contributed by atoms with Crippen molar-refractivity contribution in [2.75, 3.05) is 20.1 Å². The Morgan fingerprint density at radius 1 is 1.35 bits per heavy atom. The molecule has 0 unspecified atom stereocenters. The minimum atomic E-state index is -0.0781. The van der Waals surface area contributed by atoms with Gasteiger partial charge in [0.1, 0.15) is 0 Å². The number of amides is 2. The fourth-order valence-electron chi connectivity index (χ4n) is 4.05. The molecule has 0 bridgehead atoms. The Bertz CT molecular complexity index is 590. The number of rotatable bonds is 3. The largest absolute Gasteiger partial charge is 0.358 e. The summed E-state index contributed by atoms with van der Waals surface area (Å²) in [4.78, 5) is 33.0. The lowest BCUT2D eigenvalue weighted by atomic mass is 10.0. The van der Waals surface area contributed by atoms with E-state index < -0.39 is 0 Å². The van der Waals surface area contributed by atoms with Crippen LogP contribution in [-0.4, -0.2) is 64.9 Å². The number of aromatic nitrogens is 1. The summed E-state index contributed by atoms with van der Waals surface area (Å²) >= 11 is 0. The highest BCUT2D eigenvalue weighted by molar-refractivity contribution is 5.94. The second-order valence-electron chi connectivity index (χ2n) is 6.69. The van der Waals surface area contributed by atoms with E-state index in [-0.39, 0.29) is 29.9 Å². The van der Waals surface area contributed by atoms with Gasteiger partial charge in [-0.1, -0.05) is 0 Å². The number of likely N-dealkylation sites (N-methyl/N-ethyl adjacent to an activating group) is 1. The van der Waals surface area contributed by atoms with Gasteiger partial charge in [-0.25, -0.2) is 0 Å². The van der Waals surface area contributed by atoms with Crippen molar-refractivity contribution in [3.63, 3.8) is 0 Å². The Kier molecular flexibility index (Phi) is 4.35. The van der Waals surface area contributed by atoms with Crippen molar-refractivity contribution in [3.05, 3.63) is 30.1 Å². The Morgan fingerprint density at radius 3 is 2.74 bits per heavy atom. The fourth-order valence-corrected chi connectivity index (χ4v) is 4.05. The van der Waals surface area contributed by atoms with Gasteiger partial charge in [0.05, 0.1) is 11.6 Å². The van der Waals surface area contributed by atoms with Crippen LogP contribution in [0.3, 0.4) is 0 Å². The topological polar surface area (TPSA) is 65.5 Å². The third kappa shape index (κ3) is 2.83. The van der Waals surface area contributed by atoms with Crippen LogP contribution in [0.1, 0.15) is 30.6 Å². The summed E-state index contributed by atoms with van der Waals surface area (Å²) in [7, 11) is 1.69. The van der Waals surface area contributed by atoms with Gasteiger partial charge in [0.25, 0.3) is 5.91 Å². The molecule has 3 heterocycles. The number of pyridine rings is 1. The molecule has 23 heavy (non-hydrogen) atoms. The van der Waals surface area contributed by atoms with E-state index in [1.54, 1.807) is 31.6 Å². The maximum absolute atomic E-state index is 12.6. The first-order chi connectivity index (χ1) is 11.0. The van der Waals surface area contributed by atoms with E-state index >= 15 is 0 Å². The molecular weight excluding hydrogens is 292 g/mol. The molecule has 2 aliphatic heterocycles. The van der Waals surface area contributed by atoms with Crippen molar-refractivity contribution in [1.82, 2.24) is 20.1 Å². The lowest BCUT2D eigenvalue weighted by Crippen LogP contribution is -2.50. The van der Waals surface area contributed by atoms with Crippen LogP contribution in [0, 0.1) is 5.92 Å². The number of nitrogens with zero attached hydrogens (tertiary/aromatic N) is 3. The minimum absolute atomic E-state index is 0.0349. The third-order valence-corrected chi connectivity index (χ3v) is 5.02. The Labute approximate surface area is 136 Å². The van der Waals surface area contributed by atoms with E-state index in [9.17, 15) is 9.59 Å². The second-order valence-corrected chi connectivity index (χ2v) is 6.69. The van der Waals surface area contributed by atoms with Crippen LogP contribution < -0.4 is 5.32 Å². The van der Waals surface area contributed by atoms with Crippen molar-refractivity contribution in [2.24, 2.45) is 5.92 Å². The van der Waals surface area contributed by atoms with Crippen LogP contribution >= 0.6 is 0 Å². The standard InChI is InChI=1S/C17H24N4O2/c1-11(2)21-14(16(22)18-3)7-13-9-20(10-15(13)21)17(23)12-5-4-6-19-8-12/h4-6,8,11,13-15H,7,9-10H2,1-3H3,(H,18,22)/t13-,14-,15+/m0/s1. The predicted molar refractivity (Wildman–Crippen MR) is 86.9 cm³/mol. The Balaban J connectivity index is 1.75. The quantitative estimate of drug-likeness (QED) is 0.894. The number of hydrogen-bond donors (Lipinski definition) is 1. The normalized spacial score (nSPS) is 27.3. The van der Waals surface area contributed by atoms with Gasteiger partial charge < -0.3 is 10.2 Å². The Morgan fingerprint density at radius 2 is 2.13 bits per heavy atom. The molecule has 124 valence electrons. The van der Waals surface area contributed by atoms with Crippen LogP contribution in [0.15, 0.2) is 24.5 Å². The Hall–Kier alpha value is -1.95. The molecule has 1 N–H and O–H groups in total. The van der Waals surface area contributed by atoms with Crippen LogP contribution in [0.4, 0.5) is 0 Å². The van der Waals surface area contributed by atoms with Gasteiger partial charge in [0, 0.05) is 44.6 Å². The van der Waals surface area contributed by atoms with Crippen LogP contribution in [0.2, 0.25) is 0 Å². The molecule has 6 heteroatoms. The summed E-state index contributed by atoms with van der Waals surface area (Å²) in [6, 6.07) is 4.05. The van der Waals surface area contributed by atoms with Gasteiger partial charge in [-0.05, 0) is 38.3 Å². The van der Waals surface area contributed by atoms with E-state index in [0.29, 0.717) is 18.0 Å². The highest BCUT2D eigenvalue weighted by Gasteiger charge is 2.50. The zero-order valence-electron chi connectivity index (χ0n) is 13.9. The van der Waals surface area contributed by atoms with Gasteiger partial charge in [-0.3, -0.25) is 19.5 Å². The molecule has 0 spiro atoms. The smallest absolute Gasteiger partial charge is 0.255 e. The van der Waals surface area contributed by atoms with E-state index in [2.05, 4.69) is 29.0 Å². The van der Waals surface area contributed by atoms with E-state index in [0.717, 1.165) is 13.0 Å². The average Bonchev–Trinajstić information content (AvgIpc) is 3.11. The molecule has 2 amide bonds. The van der Waals surface area contributed by atoms with Gasteiger partial charge in [-0.2, -0.15) is 0 Å². The molecular formula is C17H24N4O2. The number of likely N-dealkylation sites (tertiary alicyclic amines) is 2. The average molecular weight is 316 g/mol. The fraction of sp³-hybridized carbons (Fsp3) is 0.588. The van der Waals surface area contributed by atoms with E-state index in [1.807, 2.05) is 4.90 Å². The molecule has 0 saturated carbocycles. The van der Waals surface area contributed by atoms with Crippen LogP contribution in [0.5, 0.6) is 0 Å². The number of nitrogens with one attached hydrogen (secondary N) is 1. The monoisotopic (exact) mass is 316 g/mol. The molecule has 6 nitrogen and oxygen atoms in total. The molecule has 3 rings (SSSR count). The first kappa shape index (κ1) is 15.9. The van der Waals surface area contributed by atoms with Crippen LogP contribution in [-0.2, 0) is 4.79 Å². The summed E-state index contributed by atoms with van der Waals surface area (Å²) in [5, 5.41) is 2.77. The molecule has 3 atom stereocenters. The lowest BCUT2D eigenvalue weighted by molar-refractivity contribution is -0.126. The summed E-state index contributed by atoms with van der Waals surface area (Å²) in [5.41, 5.74) is 0.631. The first-order valence-electron chi connectivity index (χ1n) is 8.21. The SMILES string of the molecule is CNC(=O)[C@@H]1C[C@H]2CN(C(=O)c3cccnc3)C[C@H]2N1C(C)C. The summed E-state index contributed by atoms with van der Waals surface area (Å²) in [6.45, 7) is 5.63. The number of carbonyl (C=O) groups excluding carboxylic acids is 2. The van der Waals surface area contributed by atoms with Crippen molar-refractivity contribution in [1.29, 1.82) is 0 Å². The maximum atomic E-state index is 12.6. The van der Waals surface area contributed by atoms with Crippen LogP contribution in [0.25, 0.3) is 0 Å². The first-order valence-corrected chi connectivity index (χ1v) is 8.21. The highest BCUT2D eigenvalue weighted by Crippen LogP contribution is 2.37. The number of fused-ring (bicyclic) bond motifs is 1. The number of carbonyl (C=O) groups is 2. The molecule has 0 radical (unpaired) electrons. The van der Waals surface area contributed by atoms with Gasteiger partial charge >= 0.3 is 0 Å². The molecule has 2 saturated heterocycles. The van der Waals surface area contributed by atoms with E-state index in [4.69, 9.17) is 0 Å². The molecule has 1 aromatic rings. The summed E-state index contributed by atoms with van der Waals surface area (Å²) in [6.07, 6.45) is 4.10. The van der Waals surface area contributed by atoms with Gasteiger partial charge in [0.15, 0.2) is 0 Å². The van der Waals surface area contributed by atoms with Crippen molar-refractivity contribution in [3.8, 4) is 0 Å². The number of hydrogen-bond acceptors (Lipinski definition) is 4. The summed E-state index contributed by atoms with van der Waals surface area (Å²) < 4.78 is 0. The molecule has 0 aliphatic carbocycles. The molecule has 1 aromatic heterocycles. The zero-order chi connectivity index (χ0) is 16.6. The zero-order valence-corrected chi connectivity index (χ0v) is 13.9. The minimum Gasteiger partial charge on any atom is -0.358 e. The van der Waals surface area contributed by atoms with Crippen molar-refractivity contribution >= 4 is 11.8 Å². The van der Waals surface area contributed by atoms with Gasteiger partial charge in [0.2, 0.25) is 5.91 Å². The maximum Gasteiger partial charge on any atom is 0.255 e. The van der Waals surface area contributed by atoms with Crippen molar-refractivity contribution < 1.29 is 9.59 Å². The van der Waals surface area contributed by atoms with E-state index in [1.165, 1.54) is 0 Å². The highest BCUT2D eigenvalue weighted by atomic mass is 16.2. The lowest BCUT2D eigenvalue weighted by Gasteiger charge is -2.33.